The number of rotatable bonds is 5. The predicted molar refractivity (Wildman–Crippen MR) is 119 cm³/mol. The number of aromatic amines is 1. The Hall–Kier alpha value is -3.75. The third-order valence-electron chi connectivity index (χ3n) is 6.13. The van der Waals surface area contributed by atoms with Crippen molar-refractivity contribution in [2.24, 2.45) is 0 Å². The van der Waals surface area contributed by atoms with Crippen LogP contribution in [-0.4, -0.2) is 44.0 Å². The second-order valence-electron chi connectivity index (χ2n) is 8.44. The standard InChI is InChI=1S/C23H22FN7O/c24-19-10-20-18(9-17(19)14-11-26-31(13-14)16-4-5-16)22(29-28-20)23(32)27-15-3-6-21(25-12-15)30-7-1-2-8-30/h3,6,9-13,16H,1-2,4-5,7-8H2,(H,27,32)(H,28,29). The molecule has 6 rings (SSSR count). The lowest BCUT2D eigenvalue weighted by Gasteiger charge is -2.16. The van der Waals surface area contributed by atoms with E-state index in [4.69, 9.17) is 0 Å². The monoisotopic (exact) mass is 431 g/mol. The molecule has 0 unspecified atom stereocenters. The van der Waals surface area contributed by atoms with Crippen LogP contribution in [0, 0.1) is 5.82 Å². The molecule has 2 fully saturated rings. The van der Waals surface area contributed by atoms with E-state index in [1.165, 1.54) is 18.9 Å². The van der Waals surface area contributed by atoms with Crippen LogP contribution >= 0.6 is 0 Å². The van der Waals surface area contributed by atoms with Crippen molar-refractivity contribution in [3.05, 3.63) is 54.4 Å². The highest BCUT2D eigenvalue weighted by atomic mass is 19.1. The van der Waals surface area contributed by atoms with Gasteiger partial charge >= 0.3 is 0 Å². The van der Waals surface area contributed by atoms with Crippen molar-refractivity contribution in [1.82, 2.24) is 25.0 Å². The number of carbonyl (C=O) groups is 1. The van der Waals surface area contributed by atoms with Crippen LogP contribution in [0.5, 0.6) is 0 Å². The normalized spacial score (nSPS) is 16.1. The maximum Gasteiger partial charge on any atom is 0.276 e. The Morgan fingerprint density at radius 3 is 2.75 bits per heavy atom. The number of anilines is 2. The van der Waals surface area contributed by atoms with Crippen molar-refractivity contribution >= 4 is 28.3 Å². The highest BCUT2D eigenvalue weighted by molar-refractivity contribution is 6.11. The maximum atomic E-state index is 14.8. The quantitative estimate of drug-likeness (QED) is 0.495. The fourth-order valence-electron chi connectivity index (χ4n) is 4.23. The molecule has 2 N–H and O–H groups in total. The molecule has 1 saturated heterocycles. The number of benzene rings is 1. The Labute approximate surface area is 183 Å². The van der Waals surface area contributed by atoms with E-state index in [1.54, 1.807) is 18.5 Å². The molecule has 1 aliphatic carbocycles. The highest BCUT2D eigenvalue weighted by Crippen LogP contribution is 2.36. The summed E-state index contributed by atoms with van der Waals surface area (Å²) in [6, 6.07) is 7.19. The fourth-order valence-corrected chi connectivity index (χ4v) is 4.23. The van der Waals surface area contributed by atoms with Crippen LogP contribution in [0.3, 0.4) is 0 Å². The van der Waals surface area contributed by atoms with Gasteiger partial charge in [-0.05, 0) is 43.9 Å². The molecule has 0 radical (unpaired) electrons. The fraction of sp³-hybridized carbons (Fsp3) is 0.304. The summed E-state index contributed by atoms with van der Waals surface area (Å²) in [5, 5.41) is 14.6. The Balaban J connectivity index is 1.27. The zero-order valence-electron chi connectivity index (χ0n) is 17.4. The van der Waals surface area contributed by atoms with Crippen LogP contribution < -0.4 is 10.2 Å². The average molecular weight is 431 g/mol. The SMILES string of the molecule is O=C(Nc1ccc(N2CCCC2)nc1)c1n[nH]c2cc(F)c(-c3cnn(C4CC4)c3)cc12. The predicted octanol–water partition coefficient (Wildman–Crippen LogP) is 4.15. The third kappa shape index (κ3) is 3.39. The summed E-state index contributed by atoms with van der Waals surface area (Å²) >= 11 is 0. The summed E-state index contributed by atoms with van der Waals surface area (Å²) in [6.07, 6.45) is 9.72. The molecular weight excluding hydrogens is 409 g/mol. The molecule has 4 aromatic rings. The van der Waals surface area contributed by atoms with Gasteiger partial charge in [0.05, 0.1) is 29.6 Å². The molecule has 1 aliphatic heterocycles. The van der Waals surface area contributed by atoms with Crippen molar-refractivity contribution in [1.29, 1.82) is 0 Å². The van der Waals surface area contributed by atoms with Crippen LogP contribution in [0.15, 0.2) is 42.9 Å². The van der Waals surface area contributed by atoms with Gasteiger partial charge in [-0.15, -0.1) is 0 Å². The van der Waals surface area contributed by atoms with Gasteiger partial charge in [-0.25, -0.2) is 9.37 Å². The Morgan fingerprint density at radius 1 is 1.16 bits per heavy atom. The van der Waals surface area contributed by atoms with Gasteiger partial charge < -0.3 is 10.2 Å². The van der Waals surface area contributed by atoms with Gasteiger partial charge in [0, 0.05) is 41.9 Å². The zero-order chi connectivity index (χ0) is 21.7. The number of H-pyrrole nitrogens is 1. The summed E-state index contributed by atoms with van der Waals surface area (Å²) in [4.78, 5) is 19.6. The molecule has 0 bridgehead atoms. The van der Waals surface area contributed by atoms with Crippen molar-refractivity contribution in [3.63, 3.8) is 0 Å². The molecule has 1 saturated carbocycles. The smallest absolute Gasteiger partial charge is 0.276 e. The van der Waals surface area contributed by atoms with E-state index in [0.29, 0.717) is 33.8 Å². The molecular formula is C23H22FN7O. The first kappa shape index (κ1) is 19.0. The minimum Gasteiger partial charge on any atom is -0.357 e. The number of nitrogens with one attached hydrogen (secondary N) is 2. The summed E-state index contributed by atoms with van der Waals surface area (Å²) in [7, 11) is 0. The van der Waals surface area contributed by atoms with Gasteiger partial charge in [0.1, 0.15) is 11.6 Å². The van der Waals surface area contributed by atoms with E-state index < -0.39 is 0 Å². The van der Waals surface area contributed by atoms with Gasteiger partial charge in [-0.3, -0.25) is 14.6 Å². The molecule has 1 amide bonds. The van der Waals surface area contributed by atoms with E-state index in [2.05, 4.69) is 30.5 Å². The number of amides is 1. The summed E-state index contributed by atoms with van der Waals surface area (Å²) in [6.45, 7) is 2.02. The summed E-state index contributed by atoms with van der Waals surface area (Å²) in [5.41, 5.74) is 2.34. The van der Waals surface area contributed by atoms with Gasteiger partial charge in [0.2, 0.25) is 0 Å². The average Bonchev–Trinajstić information content (AvgIpc) is 3.20. The second kappa shape index (κ2) is 7.44. The molecule has 4 heterocycles. The Morgan fingerprint density at radius 2 is 2.00 bits per heavy atom. The number of pyridine rings is 1. The lowest BCUT2D eigenvalue weighted by molar-refractivity contribution is 0.102. The highest BCUT2D eigenvalue weighted by Gasteiger charge is 2.25. The zero-order valence-corrected chi connectivity index (χ0v) is 17.4. The molecule has 2 aliphatic rings. The second-order valence-corrected chi connectivity index (χ2v) is 8.44. The number of hydrogen-bond donors (Lipinski definition) is 2. The lowest BCUT2D eigenvalue weighted by Crippen LogP contribution is -2.19. The van der Waals surface area contributed by atoms with Crippen molar-refractivity contribution in [2.45, 2.75) is 31.7 Å². The molecule has 9 heteroatoms. The Bertz CT molecular complexity index is 1300. The summed E-state index contributed by atoms with van der Waals surface area (Å²) in [5.74, 6) is 0.154. The number of nitrogens with zero attached hydrogens (tertiary/aromatic N) is 5. The molecule has 0 spiro atoms. The first-order chi connectivity index (χ1) is 15.7. The minimum absolute atomic E-state index is 0.208. The van der Waals surface area contributed by atoms with Crippen LogP contribution in [0.2, 0.25) is 0 Å². The molecule has 0 atom stereocenters. The summed E-state index contributed by atoms with van der Waals surface area (Å²) < 4.78 is 16.6. The molecule has 8 nitrogen and oxygen atoms in total. The third-order valence-corrected chi connectivity index (χ3v) is 6.13. The van der Waals surface area contributed by atoms with Crippen molar-refractivity contribution < 1.29 is 9.18 Å². The van der Waals surface area contributed by atoms with Crippen molar-refractivity contribution in [3.8, 4) is 11.1 Å². The first-order valence-electron chi connectivity index (χ1n) is 10.9. The topological polar surface area (TPSA) is 91.7 Å². The first-order valence-corrected chi connectivity index (χ1v) is 10.9. The van der Waals surface area contributed by atoms with Gasteiger partial charge in [-0.2, -0.15) is 10.2 Å². The van der Waals surface area contributed by atoms with Crippen LogP contribution in [-0.2, 0) is 0 Å². The van der Waals surface area contributed by atoms with E-state index in [9.17, 15) is 9.18 Å². The number of fused-ring (bicyclic) bond motifs is 1. The van der Waals surface area contributed by atoms with Crippen molar-refractivity contribution in [2.75, 3.05) is 23.3 Å². The number of carbonyl (C=O) groups excluding carboxylic acids is 1. The van der Waals surface area contributed by atoms with E-state index in [-0.39, 0.29) is 17.4 Å². The van der Waals surface area contributed by atoms with E-state index in [1.807, 2.05) is 23.0 Å². The Kier molecular flexibility index (Phi) is 4.41. The maximum absolute atomic E-state index is 14.8. The van der Waals surface area contributed by atoms with Gasteiger partial charge in [-0.1, -0.05) is 0 Å². The number of aromatic nitrogens is 5. The minimum atomic E-state index is -0.384. The van der Waals surface area contributed by atoms with E-state index >= 15 is 0 Å². The lowest BCUT2D eigenvalue weighted by atomic mass is 10.0. The van der Waals surface area contributed by atoms with Gasteiger partial charge in [0.15, 0.2) is 5.69 Å². The van der Waals surface area contributed by atoms with E-state index in [0.717, 1.165) is 31.7 Å². The van der Waals surface area contributed by atoms with Crippen LogP contribution in [0.25, 0.3) is 22.0 Å². The van der Waals surface area contributed by atoms with Crippen LogP contribution in [0.1, 0.15) is 42.2 Å². The number of hydrogen-bond acceptors (Lipinski definition) is 5. The number of halogens is 1. The van der Waals surface area contributed by atoms with Gasteiger partial charge in [0.25, 0.3) is 5.91 Å². The van der Waals surface area contributed by atoms with Crippen LogP contribution in [0.4, 0.5) is 15.9 Å². The molecule has 32 heavy (non-hydrogen) atoms. The molecule has 3 aromatic heterocycles. The molecule has 1 aromatic carbocycles. The largest absolute Gasteiger partial charge is 0.357 e. The molecule has 162 valence electrons.